The van der Waals surface area contributed by atoms with Crippen LogP contribution in [0.3, 0.4) is 0 Å². The summed E-state index contributed by atoms with van der Waals surface area (Å²) in [5.74, 6) is 0. The van der Waals surface area contributed by atoms with E-state index in [0.29, 0.717) is 0 Å². The van der Waals surface area contributed by atoms with E-state index in [1.165, 1.54) is 27.8 Å². The van der Waals surface area contributed by atoms with Gasteiger partial charge < -0.3 is 5.32 Å². The van der Waals surface area contributed by atoms with E-state index in [9.17, 15) is 0 Å². The van der Waals surface area contributed by atoms with Crippen LogP contribution < -0.4 is 5.32 Å². The molecule has 23 heavy (non-hydrogen) atoms. The molecule has 1 N–H and O–H groups in total. The molecule has 0 unspecified atom stereocenters. The molecule has 0 aliphatic heterocycles. The van der Waals surface area contributed by atoms with Gasteiger partial charge in [0.15, 0.2) is 0 Å². The first-order valence-electron chi connectivity index (χ1n) is 7.83. The lowest BCUT2D eigenvalue weighted by Crippen LogP contribution is -2.02. The predicted molar refractivity (Wildman–Crippen MR) is 100 cm³/mol. The first-order valence-corrected chi connectivity index (χ1v) is 7.83. The maximum atomic E-state index is 4.29. The van der Waals surface area contributed by atoms with Crippen LogP contribution in [0.5, 0.6) is 0 Å². The summed E-state index contributed by atoms with van der Waals surface area (Å²) in [6.07, 6.45) is 0. The zero-order valence-electron chi connectivity index (χ0n) is 13.6. The second-order valence-electron chi connectivity index (χ2n) is 5.84. The largest absolute Gasteiger partial charge is 0.355 e. The van der Waals surface area contributed by atoms with E-state index < -0.39 is 0 Å². The Morgan fingerprint density at radius 2 is 1.57 bits per heavy atom. The lowest BCUT2D eigenvalue weighted by atomic mass is 9.94. The standard InChI is InChI=1S/C22H21N/c1-16-9-7-13-20(15-16)23-18(3)22-17(2)10-8-14-21(22)19-11-5-4-6-12-19/h4-15,23H,3H2,1-2H3. The molecular weight excluding hydrogens is 278 g/mol. The van der Waals surface area contributed by atoms with E-state index in [2.05, 4.69) is 92.5 Å². The van der Waals surface area contributed by atoms with Gasteiger partial charge in [-0.3, -0.25) is 0 Å². The van der Waals surface area contributed by atoms with Crippen molar-refractivity contribution < 1.29 is 0 Å². The molecule has 0 heterocycles. The Morgan fingerprint density at radius 1 is 0.826 bits per heavy atom. The molecule has 3 aromatic carbocycles. The number of anilines is 1. The number of nitrogens with one attached hydrogen (secondary N) is 1. The van der Waals surface area contributed by atoms with Gasteiger partial charge in [0, 0.05) is 16.9 Å². The first kappa shape index (κ1) is 15.1. The summed E-state index contributed by atoms with van der Waals surface area (Å²) < 4.78 is 0. The van der Waals surface area contributed by atoms with Gasteiger partial charge in [0.1, 0.15) is 0 Å². The van der Waals surface area contributed by atoms with Crippen LogP contribution in [-0.2, 0) is 0 Å². The lowest BCUT2D eigenvalue weighted by Gasteiger charge is -2.17. The molecule has 1 nitrogen and oxygen atoms in total. The number of rotatable bonds is 4. The second-order valence-corrected chi connectivity index (χ2v) is 5.84. The van der Waals surface area contributed by atoms with Crippen molar-refractivity contribution in [2.45, 2.75) is 13.8 Å². The van der Waals surface area contributed by atoms with Crippen molar-refractivity contribution in [3.05, 3.63) is 96.1 Å². The predicted octanol–water partition coefficient (Wildman–Crippen LogP) is 6.05. The fourth-order valence-corrected chi connectivity index (χ4v) is 2.89. The molecule has 3 aromatic rings. The Kier molecular flexibility index (Phi) is 4.29. The highest BCUT2D eigenvalue weighted by Gasteiger charge is 2.11. The quantitative estimate of drug-likeness (QED) is 0.618. The van der Waals surface area contributed by atoms with E-state index in [1.54, 1.807) is 0 Å². The van der Waals surface area contributed by atoms with Crippen LogP contribution in [0.4, 0.5) is 5.69 Å². The molecule has 0 aliphatic rings. The van der Waals surface area contributed by atoms with Gasteiger partial charge in [-0.25, -0.2) is 0 Å². The van der Waals surface area contributed by atoms with Crippen molar-refractivity contribution in [1.29, 1.82) is 0 Å². The average molecular weight is 299 g/mol. The normalized spacial score (nSPS) is 10.3. The zero-order chi connectivity index (χ0) is 16.2. The van der Waals surface area contributed by atoms with Gasteiger partial charge in [-0.05, 0) is 48.2 Å². The third-order valence-corrected chi connectivity index (χ3v) is 3.97. The van der Waals surface area contributed by atoms with E-state index in [-0.39, 0.29) is 0 Å². The highest BCUT2D eigenvalue weighted by atomic mass is 14.9. The molecule has 0 radical (unpaired) electrons. The molecule has 114 valence electrons. The van der Waals surface area contributed by atoms with Crippen LogP contribution in [0, 0.1) is 13.8 Å². The van der Waals surface area contributed by atoms with Gasteiger partial charge in [-0.2, -0.15) is 0 Å². The highest BCUT2D eigenvalue weighted by molar-refractivity contribution is 5.87. The van der Waals surface area contributed by atoms with Crippen LogP contribution in [0.1, 0.15) is 16.7 Å². The molecule has 0 spiro atoms. The van der Waals surface area contributed by atoms with E-state index in [4.69, 9.17) is 0 Å². The summed E-state index contributed by atoms with van der Waals surface area (Å²) in [6.45, 7) is 8.51. The summed E-state index contributed by atoms with van der Waals surface area (Å²) in [5, 5.41) is 3.46. The molecule has 0 saturated heterocycles. The zero-order valence-corrected chi connectivity index (χ0v) is 13.6. The Bertz CT molecular complexity index is 832. The van der Waals surface area contributed by atoms with Gasteiger partial charge in [-0.1, -0.05) is 67.2 Å². The van der Waals surface area contributed by atoms with Gasteiger partial charge in [0.2, 0.25) is 0 Å². The average Bonchev–Trinajstić information content (AvgIpc) is 2.55. The lowest BCUT2D eigenvalue weighted by molar-refractivity contribution is 1.40. The first-order chi connectivity index (χ1) is 11.1. The van der Waals surface area contributed by atoms with E-state index in [1.807, 2.05) is 6.07 Å². The van der Waals surface area contributed by atoms with E-state index in [0.717, 1.165) is 11.4 Å². The molecular formula is C22H21N. The summed E-state index contributed by atoms with van der Waals surface area (Å²) in [7, 11) is 0. The van der Waals surface area contributed by atoms with Crippen molar-refractivity contribution in [1.82, 2.24) is 0 Å². The Morgan fingerprint density at radius 3 is 2.30 bits per heavy atom. The fourth-order valence-electron chi connectivity index (χ4n) is 2.89. The molecule has 0 fully saturated rings. The topological polar surface area (TPSA) is 12.0 Å². The second kappa shape index (κ2) is 6.53. The summed E-state index contributed by atoms with van der Waals surface area (Å²) >= 11 is 0. The van der Waals surface area contributed by atoms with Crippen molar-refractivity contribution in [3.8, 4) is 11.1 Å². The van der Waals surface area contributed by atoms with Gasteiger partial charge in [0.25, 0.3) is 0 Å². The third kappa shape index (κ3) is 3.35. The van der Waals surface area contributed by atoms with Crippen molar-refractivity contribution in [2.24, 2.45) is 0 Å². The van der Waals surface area contributed by atoms with Gasteiger partial charge in [-0.15, -0.1) is 0 Å². The van der Waals surface area contributed by atoms with Gasteiger partial charge >= 0.3 is 0 Å². The van der Waals surface area contributed by atoms with Crippen LogP contribution in [0.15, 0.2) is 79.4 Å². The molecule has 0 aromatic heterocycles. The van der Waals surface area contributed by atoms with Gasteiger partial charge in [0.05, 0.1) is 0 Å². The number of benzene rings is 3. The Balaban J connectivity index is 2.00. The van der Waals surface area contributed by atoms with E-state index >= 15 is 0 Å². The fraction of sp³-hybridized carbons (Fsp3) is 0.0909. The minimum Gasteiger partial charge on any atom is -0.355 e. The molecule has 0 bridgehead atoms. The monoisotopic (exact) mass is 299 g/mol. The number of aryl methyl sites for hydroxylation is 2. The third-order valence-electron chi connectivity index (χ3n) is 3.97. The SMILES string of the molecule is C=C(Nc1cccc(C)c1)c1c(C)cccc1-c1ccccc1. The Labute approximate surface area is 138 Å². The van der Waals surface area contributed by atoms with Crippen molar-refractivity contribution in [2.75, 3.05) is 5.32 Å². The summed E-state index contributed by atoms with van der Waals surface area (Å²) in [6, 6.07) is 25.2. The molecule has 0 aliphatic carbocycles. The van der Waals surface area contributed by atoms with Crippen molar-refractivity contribution >= 4 is 11.4 Å². The number of hydrogen-bond acceptors (Lipinski definition) is 1. The summed E-state index contributed by atoms with van der Waals surface area (Å²) in [4.78, 5) is 0. The molecule has 0 amide bonds. The van der Waals surface area contributed by atoms with Crippen LogP contribution in [-0.4, -0.2) is 0 Å². The van der Waals surface area contributed by atoms with Crippen LogP contribution in [0.25, 0.3) is 16.8 Å². The number of hydrogen-bond donors (Lipinski definition) is 1. The Hall–Kier alpha value is -2.80. The minimum atomic E-state index is 0.924. The minimum absolute atomic E-state index is 0.924. The smallest absolute Gasteiger partial charge is 0.0393 e. The maximum Gasteiger partial charge on any atom is 0.0393 e. The maximum absolute atomic E-state index is 4.29. The molecule has 3 rings (SSSR count). The molecule has 0 saturated carbocycles. The molecule has 1 heteroatoms. The highest BCUT2D eigenvalue weighted by Crippen LogP contribution is 2.31. The molecule has 0 atom stereocenters. The summed E-state index contributed by atoms with van der Waals surface area (Å²) in [5.41, 5.74) is 8.02. The van der Waals surface area contributed by atoms with Crippen molar-refractivity contribution in [3.63, 3.8) is 0 Å². The van der Waals surface area contributed by atoms with Crippen LogP contribution >= 0.6 is 0 Å². The van der Waals surface area contributed by atoms with Crippen LogP contribution in [0.2, 0.25) is 0 Å².